The van der Waals surface area contributed by atoms with E-state index in [-0.39, 0.29) is 23.9 Å². The van der Waals surface area contributed by atoms with E-state index >= 15 is 0 Å². The number of carbonyl (C=O) groups excluding carboxylic acids is 1. The Bertz CT molecular complexity index is 685. The summed E-state index contributed by atoms with van der Waals surface area (Å²) in [6.45, 7) is 3.70. The minimum absolute atomic E-state index is 0.0551. The van der Waals surface area contributed by atoms with Gasteiger partial charge in [0, 0.05) is 20.0 Å². The summed E-state index contributed by atoms with van der Waals surface area (Å²) in [5.41, 5.74) is 0.397. The average molecular weight is 346 g/mol. The Morgan fingerprint density at radius 1 is 1.35 bits per heavy atom. The number of carboxylic acid groups (broad SMARTS) is 1. The zero-order valence-electron chi connectivity index (χ0n) is 13.0. The molecule has 0 radical (unpaired) electrons. The summed E-state index contributed by atoms with van der Waals surface area (Å²) in [5, 5.41) is 11.5. The standard InChI is InChI=1S/C14H19FN2O5S/c1-9-6-12(15)8-13(7-9)23(21,22)17(10(2)14(19)20)5-4-16-11(3)18/h6-8,10H,4-5H2,1-3H3,(H,16,18)(H,19,20). The van der Waals surface area contributed by atoms with Crippen molar-refractivity contribution < 1.29 is 27.5 Å². The first-order valence-electron chi connectivity index (χ1n) is 6.82. The maximum absolute atomic E-state index is 13.5. The van der Waals surface area contributed by atoms with Gasteiger partial charge in [-0.15, -0.1) is 0 Å². The first kappa shape index (κ1) is 19.0. The molecule has 2 N–H and O–H groups in total. The summed E-state index contributed by atoms with van der Waals surface area (Å²) in [6, 6.07) is 1.90. The Kier molecular flexibility index (Phi) is 6.22. The van der Waals surface area contributed by atoms with Crippen LogP contribution in [0.2, 0.25) is 0 Å². The van der Waals surface area contributed by atoms with Crippen LogP contribution in [0.25, 0.3) is 0 Å². The predicted molar refractivity (Wildman–Crippen MR) is 80.8 cm³/mol. The quantitative estimate of drug-likeness (QED) is 0.758. The van der Waals surface area contributed by atoms with E-state index in [1.54, 1.807) is 0 Å². The summed E-state index contributed by atoms with van der Waals surface area (Å²) < 4.78 is 39.5. The van der Waals surface area contributed by atoms with Gasteiger partial charge in [-0.05, 0) is 37.6 Å². The Balaban J connectivity index is 3.21. The summed E-state index contributed by atoms with van der Waals surface area (Å²) in [4.78, 5) is 21.7. The first-order valence-corrected chi connectivity index (χ1v) is 8.26. The van der Waals surface area contributed by atoms with Crippen LogP contribution in [-0.2, 0) is 19.6 Å². The third-order valence-electron chi connectivity index (χ3n) is 3.12. The number of hydrogen-bond donors (Lipinski definition) is 2. The number of benzene rings is 1. The second-order valence-electron chi connectivity index (χ2n) is 5.08. The molecule has 7 nitrogen and oxygen atoms in total. The molecule has 1 unspecified atom stereocenters. The Morgan fingerprint density at radius 3 is 2.43 bits per heavy atom. The molecule has 0 saturated carbocycles. The van der Waals surface area contributed by atoms with Crippen LogP contribution in [0.4, 0.5) is 4.39 Å². The van der Waals surface area contributed by atoms with Crippen molar-refractivity contribution in [3.63, 3.8) is 0 Å². The molecular formula is C14H19FN2O5S. The Morgan fingerprint density at radius 2 is 1.96 bits per heavy atom. The summed E-state index contributed by atoms with van der Waals surface area (Å²) in [6.07, 6.45) is 0. The molecule has 0 aliphatic carbocycles. The lowest BCUT2D eigenvalue weighted by atomic mass is 10.2. The smallest absolute Gasteiger partial charge is 0.321 e. The van der Waals surface area contributed by atoms with E-state index in [9.17, 15) is 22.4 Å². The molecule has 0 saturated heterocycles. The van der Waals surface area contributed by atoms with Crippen molar-refractivity contribution in [2.45, 2.75) is 31.7 Å². The minimum Gasteiger partial charge on any atom is -0.480 e. The molecule has 1 atom stereocenters. The molecule has 1 aromatic carbocycles. The maximum Gasteiger partial charge on any atom is 0.321 e. The number of nitrogens with zero attached hydrogens (tertiary/aromatic N) is 1. The molecule has 0 spiro atoms. The maximum atomic E-state index is 13.5. The van der Waals surface area contributed by atoms with Crippen molar-refractivity contribution in [3.8, 4) is 0 Å². The lowest BCUT2D eigenvalue weighted by Gasteiger charge is -2.26. The average Bonchev–Trinajstić information content (AvgIpc) is 2.41. The Labute approximate surface area is 134 Å². The van der Waals surface area contributed by atoms with Crippen LogP contribution in [-0.4, -0.2) is 48.8 Å². The molecule has 0 bridgehead atoms. The molecule has 0 heterocycles. The molecule has 0 aliphatic heterocycles. The molecule has 1 amide bonds. The zero-order valence-corrected chi connectivity index (χ0v) is 13.9. The zero-order chi connectivity index (χ0) is 17.8. The number of amides is 1. The van der Waals surface area contributed by atoms with Crippen molar-refractivity contribution in [2.24, 2.45) is 0 Å². The highest BCUT2D eigenvalue weighted by Gasteiger charge is 2.33. The SMILES string of the molecule is CC(=O)NCCN(C(C)C(=O)O)S(=O)(=O)c1cc(C)cc(F)c1. The van der Waals surface area contributed by atoms with Gasteiger partial charge >= 0.3 is 5.97 Å². The lowest BCUT2D eigenvalue weighted by Crippen LogP contribution is -2.46. The van der Waals surface area contributed by atoms with E-state index < -0.39 is 27.9 Å². The summed E-state index contributed by atoms with van der Waals surface area (Å²) in [5.74, 6) is -2.44. The van der Waals surface area contributed by atoms with Crippen molar-refractivity contribution >= 4 is 21.9 Å². The highest BCUT2D eigenvalue weighted by molar-refractivity contribution is 7.89. The topological polar surface area (TPSA) is 104 Å². The van der Waals surface area contributed by atoms with E-state index in [4.69, 9.17) is 5.11 Å². The van der Waals surface area contributed by atoms with E-state index in [1.807, 2.05) is 0 Å². The summed E-state index contributed by atoms with van der Waals surface area (Å²) in [7, 11) is -4.23. The number of rotatable bonds is 7. The molecule has 0 fully saturated rings. The van der Waals surface area contributed by atoms with Gasteiger partial charge in [-0.3, -0.25) is 9.59 Å². The van der Waals surface area contributed by atoms with E-state index in [0.29, 0.717) is 5.56 Å². The number of hydrogen-bond acceptors (Lipinski definition) is 4. The van der Waals surface area contributed by atoms with Crippen molar-refractivity contribution in [3.05, 3.63) is 29.6 Å². The number of nitrogens with one attached hydrogen (secondary N) is 1. The molecule has 0 aliphatic rings. The van der Waals surface area contributed by atoms with Crippen LogP contribution in [0.1, 0.15) is 19.4 Å². The van der Waals surface area contributed by atoms with Gasteiger partial charge in [0.2, 0.25) is 15.9 Å². The second-order valence-corrected chi connectivity index (χ2v) is 6.97. The largest absolute Gasteiger partial charge is 0.480 e. The van der Waals surface area contributed by atoms with Gasteiger partial charge in [-0.25, -0.2) is 12.8 Å². The van der Waals surface area contributed by atoms with Crippen LogP contribution in [0.3, 0.4) is 0 Å². The number of aryl methyl sites for hydroxylation is 1. The normalized spacial score (nSPS) is 12.9. The van der Waals surface area contributed by atoms with Gasteiger partial charge in [-0.2, -0.15) is 4.31 Å². The van der Waals surface area contributed by atoms with Gasteiger partial charge in [-0.1, -0.05) is 0 Å². The molecule has 1 aromatic rings. The van der Waals surface area contributed by atoms with Gasteiger partial charge in [0.25, 0.3) is 0 Å². The number of carboxylic acids is 1. The van der Waals surface area contributed by atoms with Crippen molar-refractivity contribution in [1.82, 2.24) is 9.62 Å². The highest BCUT2D eigenvalue weighted by Crippen LogP contribution is 2.20. The number of sulfonamides is 1. The lowest BCUT2D eigenvalue weighted by molar-refractivity contribution is -0.140. The van der Waals surface area contributed by atoms with Crippen LogP contribution in [0.15, 0.2) is 23.1 Å². The van der Waals surface area contributed by atoms with Crippen molar-refractivity contribution in [1.29, 1.82) is 0 Å². The number of carbonyl (C=O) groups is 2. The molecular weight excluding hydrogens is 327 g/mol. The van der Waals surface area contributed by atoms with Crippen LogP contribution in [0, 0.1) is 12.7 Å². The number of halogens is 1. The van der Waals surface area contributed by atoms with Gasteiger partial charge in [0.15, 0.2) is 0 Å². The van der Waals surface area contributed by atoms with Gasteiger partial charge in [0.05, 0.1) is 4.90 Å². The van der Waals surface area contributed by atoms with E-state index in [1.165, 1.54) is 32.9 Å². The van der Waals surface area contributed by atoms with Crippen LogP contribution in [0.5, 0.6) is 0 Å². The minimum atomic E-state index is -4.23. The van der Waals surface area contributed by atoms with E-state index in [0.717, 1.165) is 10.4 Å². The molecule has 1 rings (SSSR count). The highest BCUT2D eigenvalue weighted by atomic mass is 32.2. The summed E-state index contributed by atoms with van der Waals surface area (Å²) >= 11 is 0. The van der Waals surface area contributed by atoms with Crippen LogP contribution < -0.4 is 5.32 Å². The first-order chi connectivity index (χ1) is 10.6. The fourth-order valence-electron chi connectivity index (χ4n) is 1.97. The third kappa shape index (κ3) is 5.00. The third-order valence-corrected chi connectivity index (χ3v) is 5.07. The molecule has 0 aromatic heterocycles. The van der Waals surface area contributed by atoms with Gasteiger partial charge in [0.1, 0.15) is 11.9 Å². The Hall–Kier alpha value is -2.00. The predicted octanol–water partition coefficient (Wildman–Crippen LogP) is 0.734. The van der Waals surface area contributed by atoms with E-state index in [2.05, 4.69) is 5.32 Å². The van der Waals surface area contributed by atoms with Gasteiger partial charge < -0.3 is 10.4 Å². The molecule has 9 heteroatoms. The fraction of sp³-hybridized carbons (Fsp3) is 0.429. The van der Waals surface area contributed by atoms with Crippen LogP contribution >= 0.6 is 0 Å². The molecule has 23 heavy (non-hydrogen) atoms. The fourth-order valence-corrected chi connectivity index (χ4v) is 3.68. The monoisotopic (exact) mass is 346 g/mol. The number of aliphatic carboxylic acids is 1. The van der Waals surface area contributed by atoms with Crippen molar-refractivity contribution in [2.75, 3.05) is 13.1 Å². The second kappa shape index (κ2) is 7.51. The molecule has 128 valence electrons.